The number of hydrogen-bond donors (Lipinski definition) is 3. The van der Waals surface area contributed by atoms with Crippen LogP contribution in [0, 0.1) is 40.4 Å². The molecule has 0 radical (unpaired) electrons. The lowest BCUT2D eigenvalue weighted by Gasteiger charge is -2.57. The third kappa shape index (κ3) is 5.29. The Morgan fingerprint density at radius 3 is 2.33 bits per heavy atom. The molecule has 0 bridgehead atoms. The lowest BCUT2D eigenvalue weighted by molar-refractivity contribution is -0.126. The first-order valence-corrected chi connectivity index (χ1v) is 17.0. The van der Waals surface area contributed by atoms with Crippen LogP contribution in [0.2, 0.25) is 18.1 Å². The van der Waals surface area contributed by atoms with E-state index >= 15 is 0 Å². The molecule has 3 N–H and O–H groups in total. The summed E-state index contributed by atoms with van der Waals surface area (Å²) in [5.41, 5.74) is 0.498. The highest BCUT2D eigenvalue weighted by atomic mass is 28.4. The van der Waals surface area contributed by atoms with E-state index < -0.39 is 14.4 Å². The van der Waals surface area contributed by atoms with Gasteiger partial charge in [-0.15, -0.1) is 0 Å². The molecule has 1 amide bonds. The predicted molar refractivity (Wildman–Crippen MR) is 147 cm³/mol. The van der Waals surface area contributed by atoms with Crippen LogP contribution in [0.4, 0.5) is 4.79 Å². The molecule has 3 fully saturated rings. The van der Waals surface area contributed by atoms with Crippen molar-refractivity contribution in [3.63, 3.8) is 0 Å². The summed E-state index contributed by atoms with van der Waals surface area (Å²) in [5, 5.41) is 22.3. The normalized spacial score (nSPS) is 38.7. The molecule has 0 aliphatic heterocycles. The van der Waals surface area contributed by atoms with Gasteiger partial charge >= 0.3 is 6.09 Å². The van der Waals surface area contributed by atoms with Crippen molar-refractivity contribution in [1.29, 1.82) is 0 Å². The average Bonchev–Trinajstić information content (AvgIpc) is 3.13. The maximum Gasteiger partial charge on any atom is 0.404 e. The number of nitrogens with one attached hydrogen (secondary N) is 1. The number of allylic oxidation sites excluding steroid dienone is 1. The van der Waals surface area contributed by atoms with Crippen molar-refractivity contribution < 1.29 is 24.2 Å². The second-order valence-electron chi connectivity index (χ2n) is 14.0. The molecule has 0 saturated heterocycles. The molecule has 0 unspecified atom stereocenters. The van der Waals surface area contributed by atoms with Crippen LogP contribution in [-0.4, -0.2) is 43.6 Å². The van der Waals surface area contributed by atoms with Crippen LogP contribution in [0.25, 0.3) is 0 Å². The van der Waals surface area contributed by atoms with Crippen molar-refractivity contribution in [1.82, 2.24) is 5.32 Å². The number of amides is 1. The van der Waals surface area contributed by atoms with Gasteiger partial charge in [0.2, 0.25) is 0 Å². The number of hydrogen-bond acceptors (Lipinski definition) is 4. The van der Waals surface area contributed by atoms with E-state index in [0.717, 1.165) is 25.5 Å². The second kappa shape index (κ2) is 10.4. The number of carboxylic acid groups (broad SMARTS) is 1. The molecule has 7 heteroatoms. The minimum Gasteiger partial charge on any atom is -0.515 e. The number of aliphatic hydroxyl groups excluding tert-OH is 1. The van der Waals surface area contributed by atoms with Crippen molar-refractivity contribution in [3.8, 4) is 0 Å². The lowest BCUT2D eigenvalue weighted by Crippen LogP contribution is -2.55. The molecule has 0 aromatic rings. The van der Waals surface area contributed by atoms with Gasteiger partial charge in [-0.25, -0.2) is 4.79 Å². The molecule has 6 nitrogen and oxygen atoms in total. The van der Waals surface area contributed by atoms with Gasteiger partial charge in [-0.1, -0.05) is 48.0 Å². The lowest BCUT2D eigenvalue weighted by atomic mass is 9.48. The molecule has 36 heavy (non-hydrogen) atoms. The Balaban J connectivity index is 1.98. The fourth-order valence-electron chi connectivity index (χ4n) is 7.94. The van der Waals surface area contributed by atoms with E-state index in [1.807, 2.05) is 0 Å². The number of Topliss-reactive ketones (excluding diaryl/α,β-unsaturated/α-hetero) is 1. The van der Waals surface area contributed by atoms with Gasteiger partial charge in [0.25, 0.3) is 0 Å². The maximum absolute atomic E-state index is 13.0. The first kappa shape index (κ1) is 29.2. The summed E-state index contributed by atoms with van der Waals surface area (Å²) in [6.45, 7) is 19.2. The Bertz CT molecular complexity index is 864. The predicted octanol–water partition coefficient (Wildman–Crippen LogP) is 7.17. The Kier molecular flexibility index (Phi) is 8.47. The fourth-order valence-corrected chi connectivity index (χ4v) is 8.99. The SMILES string of the molecule is CC[C@H]1CC[C@H]2[C@H](CNC(=O)O)[C@@H]([C@@]3(C)CC(=CO)C(=O)C[C@@H]3CO[Si](C)(C)C(C)(C)C)CC[C@]12C. The number of ketones is 1. The fraction of sp³-hybridized carbons (Fsp3) is 0.862. The maximum atomic E-state index is 13.0. The van der Waals surface area contributed by atoms with E-state index in [2.05, 4.69) is 60.0 Å². The van der Waals surface area contributed by atoms with Gasteiger partial charge in [-0.3, -0.25) is 4.79 Å². The zero-order valence-corrected chi connectivity index (χ0v) is 24.9. The van der Waals surface area contributed by atoms with Gasteiger partial charge in [0.15, 0.2) is 14.1 Å². The molecule has 3 rings (SSSR count). The summed E-state index contributed by atoms with van der Waals surface area (Å²) in [5.74, 6) is 1.69. The van der Waals surface area contributed by atoms with E-state index in [0.29, 0.717) is 43.4 Å². The monoisotopic (exact) mass is 521 g/mol. The van der Waals surface area contributed by atoms with Crippen molar-refractivity contribution in [2.45, 2.75) is 105 Å². The van der Waals surface area contributed by atoms with E-state index in [1.54, 1.807) is 0 Å². The molecule has 0 heterocycles. The molecule has 3 saturated carbocycles. The Morgan fingerprint density at radius 2 is 1.78 bits per heavy atom. The van der Waals surface area contributed by atoms with Crippen molar-refractivity contribution in [2.24, 2.45) is 40.4 Å². The van der Waals surface area contributed by atoms with Crippen molar-refractivity contribution in [3.05, 3.63) is 11.8 Å². The molecule has 0 aromatic carbocycles. The average molecular weight is 522 g/mol. The van der Waals surface area contributed by atoms with Crippen LogP contribution < -0.4 is 5.32 Å². The molecule has 7 atom stereocenters. The Labute approximate surface area is 219 Å². The third-order valence-corrected chi connectivity index (χ3v) is 15.9. The largest absolute Gasteiger partial charge is 0.515 e. The van der Waals surface area contributed by atoms with Crippen LogP contribution >= 0.6 is 0 Å². The van der Waals surface area contributed by atoms with Gasteiger partial charge in [0.1, 0.15) is 0 Å². The number of carbonyl (C=O) groups is 2. The molecular formula is C29H51NO5Si. The molecule has 206 valence electrons. The summed E-state index contributed by atoms with van der Waals surface area (Å²) >= 11 is 0. The smallest absolute Gasteiger partial charge is 0.404 e. The van der Waals surface area contributed by atoms with E-state index in [1.165, 1.54) is 12.8 Å². The van der Waals surface area contributed by atoms with E-state index in [4.69, 9.17) is 4.43 Å². The highest BCUT2D eigenvalue weighted by Crippen LogP contribution is 2.64. The summed E-state index contributed by atoms with van der Waals surface area (Å²) in [6, 6.07) is 0. The highest BCUT2D eigenvalue weighted by Gasteiger charge is 2.58. The van der Waals surface area contributed by atoms with Crippen molar-refractivity contribution in [2.75, 3.05) is 13.2 Å². The number of aliphatic hydroxyl groups is 1. The standard InChI is InChI=1S/C29H51NO5Si/c1-9-20-10-11-23-22(16-30-26(33)34)24(12-13-28(20,23)5)29(6)15-19(17-31)25(32)14-21(29)18-35-36(7,8)27(2,3)4/h17,20-24,30-31H,9-16,18H2,1-8H3,(H,33,34)/t20-,21+,22-,23-,24-,28+,29-/m0/s1. The molecule has 0 spiro atoms. The van der Waals surface area contributed by atoms with Crippen LogP contribution in [0.3, 0.4) is 0 Å². The summed E-state index contributed by atoms with van der Waals surface area (Å²) < 4.78 is 6.71. The molecule has 3 aliphatic rings. The summed E-state index contributed by atoms with van der Waals surface area (Å²) in [4.78, 5) is 24.6. The van der Waals surface area contributed by atoms with E-state index in [-0.39, 0.29) is 39.4 Å². The summed E-state index contributed by atoms with van der Waals surface area (Å²) in [7, 11) is -2.01. The molecule has 0 aromatic heterocycles. The first-order chi connectivity index (χ1) is 16.6. The summed E-state index contributed by atoms with van der Waals surface area (Å²) in [6.07, 6.45) is 6.65. The van der Waals surface area contributed by atoms with E-state index in [9.17, 15) is 19.8 Å². The second-order valence-corrected chi connectivity index (χ2v) is 18.8. The highest BCUT2D eigenvalue weighted by molar-refractivity contribution is 6.74. The number of rotatable bonds is 7. The first-order valence-electron chi connectivity index (χ1n) is 14.1. The Hall–Kier alpha value is -1.34. The molecular weight excluding hydrogens is 470 g/mol. The zero-order chi connectivity index (χ0) is 27.1. The zero-order valence-electron chi connectivity index (χ0n) is 23.9. The third-order valence-electron chi connectivity index (χ3n) is 11.4. The van der Waals surface area contributed by atoms with Crippen LogP contribution in [0.1, 0.15) is 86.5 Å². The van der Waals surface area contributed by atoms with Gasteiger partial charge in [0.05, 0.1) is 6.26 Å². The van der Waals surface area contributed by atoms with Gasteiger partial charge in [-0.2, -0.15) is 0 Å². The number of fused-ring (bicyclic) bond motifs is 1. The van der Waals surface area contributed by atoms with Crippen LogP contribution in [-0.2, 0) is 9.22 Å². The minimum absolute atomic E-state index is 0.0200. The topological polar surface area (TPSA) is 95.9 Å². The van der Waals surface area contributed by atoms with Crippen LogP contribution in [0.15, 0.2) is 11.8 Å². The van der Waals surface area contributed by atoms with Gasteiger partial charge < -0.3 is 20.0 Å². The quantitative estimate of drug-likeness (QED) is 0.187. The molecule has 3 aliphatic carbocycles. The van der Waals surface area contributed by atoms with Gasteiger partial charge in [0, 0.05) is 25.1 Å². The van der Waals surface area contributed by atoms with Gasteiger partial charge in [-0.05, 0) is 90.7 Å². The Morgan fingerprint density at radius 1 is 1.14 bits per heavy atom. The number of carbonyl (C=O) groups excluding carboxylic acids is 1. The van der Waals surface area contributed by atoms with Crippen LogP contribution in [0.5, 0.6) is 0 Å². The minimum atomic E-state index is -2.01. The van der Waals surface area contributed by atoms with Crippen molar-refractivity contribution >= 4 is 20.2 Å².